The van der Waals surface area contributed by atoms with Crippen LogP contribution in [0.1, 0.15) is 52.9 Å². The van der Waals surface area contributed by atoms with Gasteiger partial charge in [0, 0.05) is 0 Å². The Morgan fingerprint density at radius 2 is 1.94 bits per heavy atom. The molecule has 0 heterocycles. The summed E-state index contributed by atoms with van der Waals surface area (Å²) >= 11 is 0. The van der Waals surface area contributed by atoms with E-state index in [1.807, 2.05) is 20.8 Å². The summed E-state index contributed by atoms with van der Waals surface area (Å²) in [5, 5.41) is 12.2. The predicted molar refractivity (Wildman–Crippen MR) is 70.2 cm³/mol. The number of amides is 1. The predicted octanol–water partition coefficient (Wildman–Crippen LogP) is 1.53. The summed E-state index contributed by atoms with van der Waals surface area (Å²) < 4.78 is 5.27. The number of nitrogens with two attached hydrogens (primary N) is 1. The number of hydrogen-bond donors (Lipinski definition) is 3. The molecule has 5 heteroatoms. The number of nitrogens with one attached hydrogen (secondary N) is 1. The van der Waals surface area contributed by atoms with Crippen LogP contribution in [0.2, 0.25) is 0 Å². The fourth-order valence-electron chi connectivity index (χ4n) is 2.45. The number of alkyl carbamates (subject to hydrolysis) is 1. The van der Waals surface area contributed by atoms with Gasteiger partial charge >= 0.3 is 6.09 Å². The highest BCUT2D eigenvalue weighted by Crippen LogP contribution is 2.30. The number of aliphatic hydroxyl groups is 1. The van der Waals surface area contributed by atoms with Crippen molar-refractivity contribution in [2.24, 2.45) is 5.73 Å². The molecule has 0 aliphatic heterocycles. The molecule has 0 aromatic carbocycles. The number of ether oxygens (including phenoxy) is 1. The summed E-state index contributed by atoms with van der Waals surface area (Å²) in [6.07, 6.45) is 4.33. The summed E-state index contributed by atoms with van der Waals surface area (Å²) in [4.78, 5) is 11.9. The van der Waals surface area contributed by atoms with Crippen LogP contribution in [0.3, 0.4) is 0 Å². The topological polar surface area (TPSA) is 84.6 Å². The minimum Gasteiger partial charge on any atom is -0.444 e. The molecule has 4 N–H and O–H groups in total. The second-order valence-electron chi connectivity index (χ2n) is 6.13. The van der Waals surface area contributed by atoms with Crippen molar-refractivity contribution in [2.75, 3.05) is 6.61 Å². The van der Waals surface area contributed by atoms with Crippen molar-refractivity contribution in [3.05, 3.63) is 0 Å². The number of hydrogen-bond acceptors (Lipinski definition) is 4. The van der Waals surface area contributed by atoms with Gasteiger partial charge in [-0.05, 0) is 33.6 Å². The Labute approximate surface area is 109 Å². The van der Waals surface area contributed by atoms with E-state index in [1.165, 1.54) is 0 Å². The third-order valence-corrected chi connectivity index (χ3v) is 3.40. The fourth-order valence-corrected chi connectivity index (χ4v) is 2.45. The van der Waals surface area contributed by atoms with Crippen LogP contribution in [0.5, 0.6) is 0 Å². The van der Waals surface area contributed by atoms with Crippen LogP contribution in [0, 0.1) is 0 Å². The highest BCUT2D eigenvalue weighted by Gasteiger charge is 2.40. The van der Waals surface area contributed by atoms with E-state index in [2.05, 4.69) is 5.32 Å². The van der Waals surface area contributed by atoms with Crippen LogP contribution in [0.25, 0.3) is 0 Å². The van der Waals surface area contributed by atoms with E-state index in [4.69, 9.17) is 10.5 Å². The average Bonchev–Trinajstić information content (AvgIpc) is 2.26. The molecule has 0 spiro atoms. The molecule has 0 aromatic heterocycles. The van der Waals surface area contributed by atoms with E-state index in [1.54, 1.807) is 0 Å². The van der Waals surface area contributed by atoms with Crippen molar-refractivity contribution < 1.29 is 14.6 Å². The Bertz CT molecular complexity index is 280. The Morgan fingerprint density at radius 1 is 1.39 bits per heavy atom. The minimum absolute atomic E-state index is 0.129. The van der Waals surface area contributed by atoms with Gasteiger partial charge in [-0.25, -0.2) is 4.79 Å². The lowest BCUT2D eigenvalue weighted by atomic mass is 9.77. The Balaban J connectivity index is 2.70. The maximum atomic E-state index is 11.9. The summed E-state index contributed by atoms with van der Waals surface area (Å²) in [5.41, 5.74) is 4.93. The third kappa shape index (κ3) is 4.14. The second-order valence-corrected chi connectivity index (χ2v) is 6.13. The molecule has 5 nitrogen and oxygen atoms in total. The summed E-state index contributed by atoms with van der Waals surface area (Å²) in [5.74, 6) is 0. The molecule has 0 radical (unpaired) electrons. The van der Waals surface area contributed by atoms with E-state index in [-0.39, 0.29) is 6.61 Å². The summed E-state index contributed by atoms with van der Waals surface area (Å²) in [6.45, 7) is 5.35. The molecule has 106 valence electrons. The molecule has 18 heavy (non-hydrogen) atoms. The zero-order valence-electron chi connectivity index (χ0n) is 11.7. The highest BCUT2D eigenvalue weighted by atomic mass is 16.6. The Hall–Kier alpha value is -0.810. The maximum absolute atomic E-state index is 11.9. The smallest absolute Gasteiger partial charge is 0.408 e. The zero-order chi connectivity index (χ0) is 13.8. The lowest BCUT2D eigenvalue weighted by Gasteiger charge is -2.42. The first-order chi connectivity index (χ1) is 8.29. The molecule has 0 aromatic rings. The van der Waals surface area contributed by atoms with E-state index in [0.29, 0.717) is 0 Å². The minimum atomic E-state index is -0.525. The molecular weight excluding hydrogens is 232 g/mol. The van der Waals surface area contributed by atoms with Crippen molar-refractivity contribution >= 4 is 6.09 Å². The highest BCUT2D eigenvalue weighted by molar-refractivity contribution is 5.69. The van der Waals surface area contributed by atoms with Gasteiger partial charge in [-0.1, -0.05) is 19.3 Å². The van der Waals surface area contributed by atoms with Crippen LogP contribution in [-0.4, -0.2) is 35.0 Å². The molecule has 1 rings (SSSR count). The fraction of sp³-hybridized carbons (Fsp3) is 0.923. The molecule has 1 aliphatic rings. The molecule has 1 fully saturated rings. The SMILES string of the molecule is CC(C)(C)OC(=O)NC1([C@H](N)CO)CCCCC1. The van der Waals surface area contributed by atoms with Gasteiger partial charge in [-0.2, -0.15) is 0 Å². The Morgan fingerprint density at radius 3 is 2.39 bits per heavy atom. The average molecular weight is 258 g/mol. The van der Waals surface area contributed by atoms with Crippen molar-refractivity contribution in [3.63, 3.8) is 0 Å². The van der Waals surface area contributed by atoms with Gasteiger partial charge in [0.25, 0.3) is 0 Å². The van der Waals surface area contributed by atoms with Crippen molar-refractivity contribution in [2.45, 2.75) is 70.1 Å². The van der Waals surface area contributed by atoms with Gasteiger partial charge in [0.2, 0.25) is 0 Å². The van der Waals surface area contributed by atoms with E-state index >= 15 is 0 Å². The second kappa shape index (κ2) is 5.89. The van der Waals surface area contributed by atoms with Crippen LogP contribution < -0.4 is 11.1 Å². The molecule has 0 bridgehead atoms. The van der Waals surface area contributed by atoms with Gasteiger partial charge in [0.05, 0.1) is 18.2 Å². The van der Waals surface area contributed by atoms with Crippen LogP contribution in [0.4, 0.5) is 4.79 Å². The number of aliphatic hydroxyl groups excluding tert-OH is 1. The first-order valence-corrected chi connectivity index (χ1v) is 6.67. The van der Waals surface area contributed by atoms with Gasteiger partial charge in [0.15, 0.2) is 0 Å². The van der Waals surface area contributed by atoms with Gasteiger partial charge in [-0.3, -0.25) is 0 Å². The van der Waals surface area contributed by atoms with E-state index < -0.39 is 23.3 Å². The number of rotatable bonds is 3. The Kier molecular flexibility index (Phi) is 4.99. The lowest BCUT2D eigenvalue weighted by molar-refractivity contribution is 0.0368. The van der Waals surface area contributed by atoms with E-state index in [9.17, 15) is 9.90 Å². The lowest BCUT2D eigenvalue weighted by Crippen LogP contribution is -2.62. The van der Waals surface area contributed by atoms with Crippen LogP contribution in [-0.2, 0) is 4.74 Å². The monoisotopic (exact) mass is 258 g/mol. The van der Waals surface area contributed by atoms with Crippen molar-refractivity contribution in [1.29, 1.82) is 0 Å². The van der Waals surface area contributed by atoms with Crippen LogP contribution in [0.15, 0.2) is 0 Å². The first kappa shape index (κ1) is 15.2. The normalized spacial score (nSPS) is 21.2. The summed E-state index contributed by atoms with van der Waals surface area (Å²) in [6, 6.07) is -0.440. The third-order valence-electron chi connectivity index (χ3n) is 3.40. The van der Waals surface area contributed by atoms with Gasteiger partial charge < -0.3 is 20.9 Å². The molecule has 1 aliphatic carbocycles. The molecule has 0 unspecified atom stereocenters. The van der Waals surface area contributed by atoms with Crippen molar-refractivity contribution in [1.82, 2.24) is 5.32 Å². The molecular formula is C13H26N2O3. The zero-order valence-corrected chi connectivity index (χ0v) is 11.7. The van der Waals surface area contributed by atoms with Gasteiger partial charge in [-0.15, -0.1) is 0 Å². The van der Waals surface area contributed by atoms with Crippen LogP contribution >= 0.6 is 0 Å². The number of carbonyl (C=O) groups is 1. The molecule has 1 atom stereocenters. The molecule has 0 saturated heterocycles. The standard InChI is InChI=1S/C13H26N2O3/c1-12(2,3)18-11(17)15-13(10(14)9-16)7-5-4-6-8-13/h10,16H,4-9,14H2,1-3H3,(H,15,17)/t10-/m1/s1. The molecule has 1 saturated carbocycles. The number of carbonyl (C=O) groups excluding carboxylic acids is 1. The quantitative estimate of drug-likeness (QED) is 0.716. The van der Waals surface area contributed by atoms with Crippen molar-refractivity contribution in [3.8, 4) is 0 Å². The first-order valence-electron chi connectivity index (χ1n) is 6.67. The van der Waals surface area contributed by atoms with E-state index in [0.717, 1.165) is 32.1 Å². The molecule has 1 amide bonds. The summed E-state index contributed by atoms with van der Waals surface area (Å²) in [7, 11) is 0. The van der Waals surface area contributed by atoms with Gasteiger partial charge in [0.1, 0.15) is 5.60 Å². The largest absolute Gasteiger partial charge is 0.444 e. The maximum Gasteiger partial charge on any atom is 0.408 e.